The molecule has 1 saturated heterocycles. The second-order valence-corrected chi connectivity index (χ2v) is 10.3. The number of ether oxygens (including phenoxy) is 2. The number of carbonyl (C=O) groups is 1. The quantitative estimate of drug-likeness (QED) is 0.484. The summed E-state index contributed by atoms with van der Waals surface area (Å²) in [5.41, 5.74) is 1.83. The van der Waals surface area contributed by atoms with Gasteiger partial charge in [0.1, 0.15) is 16.4 Å². The zero-order chi connectivity index (χ0) is 25.7. The number of carbonyl (C=O) groups excluding carboxylic acids is 1. The van der Waals surface area contributed by atoms with Crippen LogP contribution in [-0.4, -0.2) is 59.6 Å². The molecule has 190 valence electrons. The van der Waals surface area contributed by atoms with E-state index in [0.29, 0.717) is 36.6 Å². The van der Waals surface area contributed by atoms with E-state index in [1.807, 2.05) is 29.2 Å². The zero-order valence-corrected chi connectivity index (χ0v) is 21.7. The van der Waals surface area contributed by atoms with Crippen LogP contribution in [0, 0.1) is 0 Å². The molecule has 0 saturated carbocycles. The molecule has 1 amide bonds. The van der Waals surface area contributed by atoms with E-state index in [4.69, 9.17) is 21.1 Å². The summed E-state index contributed by atoms with van der Waals surface area (Å²) in [7, 11) is -0.844. The Bertz CT molecular complexity index is 1330. The fraction of sp³-hybridized carbons (Fsp3) is 0.269. The van der Waals surface area contributed by atoms with Gasteiger partial charge in [0.25, 0.3) is 15.9 Å². The van der Waals surface area contributed by atoms with E-state index < -0.39 is 10.0 Å². The Labute approximate surface area is 216 Å². The Morgan fingerprint density at radius 2 is 1.67 bits per heavy atom. The summed E-state index contributed by atoms with van der Waals surface area (Å²) in [6.07, 6.45) is 0.822. The van der Waals surface area contributed by atoms with Crippen LogP contribution in [0.4, 0.5) is 11.4 Å². The SMILES string of the molecule is COc1ccc(Cl)c(S(=O)(=O)Nc2ccc(C(=O)N3CCCN(c4ccccc4OC)CC3)cc2)c1. The first-order valence-corrected chi connectivity index (χ1v) is 13.3. The van der Waals surface area contributed by atoms with Gasteiger partial charge in [-0.25, -0.2) is 8.42 Å². The van der Waals surface area contributed by atoms with Crippen LogP contribution in [0.2, 0.25) is 5.02 Å². The smallest absolute Gasteiger partial charge is 0.263 e. The van der Waals surface area contributed by atoms with Crippen LogP contribution < -0.4 is 19.1 Å². The highest BCUT2D eigenvalue weighted by Crippen LogP contribution is 2.29. The number of benzene rings is 3. The summed E-state index contributed by atoms with van der Waals surface area (Å²) >= 11 is 6.10. The summed E-state index contributed by atoms with van der Waals surface area (Å²) in [6.45, 7) is 2.70. The Balaban J connectivity index is 1.43. The maximum Gasteiger partial charge on any atom is 0.263 e. The van der Waals surface area contributed by atoms with Gasteiger partial charge in [0.2, 0.25) is 0 Å². The van der Waals surface area contributed by atoms with Crippen molar-refractivity contribution in [2.75, 3.05) is 50.0 Å². The van der Waals surface area contributed by atoms with Gasteiger partial charge >= 0.3 is 0 Å². The fourth-order valence-electron chi connectivity index (χ4n) is 4.14. The van der Waals surface area contributed by atoms with E-state index in [-0.39, 0.29) is 15.8 Å². The van der Waals surface area contributed by atoms with E-state index in [0.717, 1.165) is 24.4 Å². The van der Waals surface area contributed by atoms with Crippen LogP contribution in [0.5, 0.6) is 11.5 Å². The second kappa shape index (κ2) is 11.1. The first-order chi connectivity index (χ1) is 17.3. The van der Waals surface area contributed by atoms with Gasteiger partial charge in [-0.15, -0.1) is 0 Å². The van der Waals surface area contributed by atoms with Crippen LogP contribution in [0.3, 0.4) is 0 Å². The normalized spacial score (nSPS) is 14.2. The molecule has 1 aliphatic heterocycles. The van der Waals surface area contributed by atoms with Gasteiger partial charge in [-0.2, -0.15) is 0 Å². The topological polar surface area (TPSA) is 88.2 Å². The summed E-state index contributed by atoms with van der Waals surface area (Å²) in [5, 5.41) is 0.0819. The molecule has 3 aromatic carbocycles. The molecule has 1 fully saturated rings. The molecule has 0 spiro atoms. The molecule has 4 rings (SSSR count). The van der Waals surface area contributed by atoms with Crippen molar-refractivity contribution >= 4 is 38.9 Å². The summed E-state index contributed by atoms with van der Waals surface area (Å²) < 4.78 is 38.8. The Morgan fingerprint density at radius 3 is 2.39 bits per heavy atom. The summed E-state index contributed by atoms with van der Waals surface area (Å²) in [6, 6.07) is 18.6. The van der Waals surface area contributed by atoms with Gasteiger partial charge in [0.15, 0.2) is 0 Å². The molecular weight excluding hydrogens is 502 g/mol. The van der Waals surface area contributed by atoms with Crippen LogP contribution >= 0.6 is 11.6 Å². The molecule has 0 aromatic heterocycles. The van der Waals surface area contributed by atoms with Gasteiger partial charge < -0.3 is 19.3 Å². The van der Waals surface area contributed by atoms with Gasteiger partial charge in [0.05, 0.1) is 24.9 Å². The third-order valence-corrected chi connectivity index (χ3v) is 7.88. The van der Waals surface area contributed by atoms with Crippen molar-refractivity contribution in [1.29, 1.82) is 0 Å². The first-order valence-electron chi connectivity index (χ1n) is 11.5. The monoisotopic (exact) mass is 529 g/mol. The van der Waals surface area contributed by atoms with Gasteiger partial charge in [-0.3, -0.25) is 9.52 Å². The summed E-state index contributed by atoms with van der Waals surface area (Å²) in [5.74, 6) is 1.09. The minimum atomic E-state index is -3.95. The molecule has 0 atom stereocenters. The van der Waals surface area contributed by atoms with Crippen molar-refractivity contribution in [3.8, 4) is 11.5 Å². The van der Waals surface area contributed by atoms with E-state index in [2.05, 4.69) is 9.62 Å². The van der Waals surface area contributed by atoms with Crippen LogP contribution in [0.15, 0.2) is 71.6 Å². The Morgan fingerprint density at radius 1 is 0.917 bits per heavy atom. The standard InChI is InChI=1S/C26H28ClN3O5S/c1-34-21-12-13-22(27)25(18-21)36(32,33)28-20-10-8-19(9-11-20)26(31)30-15-5-14-29(16-17-30)23-6-3-4-7-24(23)35-2/h3-4,6-13,18,28H,5,14-17H2,1-2H3. The number of hydrogen-bond donors (Lipinski definition) is 1. The largest absolute Gasteiger partial charge is 0.497 e. The van der Waals surface area contributed by atoms with E-state index in [1.165, 1.54) is 19.2 Å². The number of anilines is 2. The Kier molecular flexibility index (Phi) is 7.91. The molecule has 0 unspecified atom stereocenters. The number of hydrogen-bond acceptors (Lipinski definition) is 6. The molecule has 1 aliphatic rings. The molecule has 3 aromatic rings. The molecule has 36 heavy (non-hydrogen) atoms. The van der Waals surface area contributed by atoms with Gasteiger partial charge in [0, 0.05) is 43.5 Å². The number of amides is 1. The highest BCUT2D eigenvalue weighted by molar-refractivity contribution is 7.92. The highest BCUT2D eigenvalue weighted by Gasteiger charge is 2.23. The zero-order valence-electron chi connectivity index (χ0n) is 20.1. The van der Waals surface area contributed by atoms with Crippen molar-refractivity contribution < 1.29 is 22.7 Å². The van der Waals surface area contributed by atoms with Crippen molar-refractivity contribution in [3.63, 3.8) is 0 Å². The lowest BCUT2D eigenvalue weighted by atomic mass is 10.2. The van der Waals surface area contributed by atoms with E-state index in [1.54, 1.807) is 37.4 Å². The number of nitrogens with zero attached hydrogens (tertiary/aromatic N) is 2. The number of nitrogens with one attached hydrogen (secondary N) is 1. The lowest BCUT2D eigenvalue weighted by Crippen LogP contribution is -2.35. The number of rotatable bonds is 7. The molecule has 10 heteroatoms. The Hall–Kier alpha value is -3.43. The molecule has 1 heterocycles. The number of para-hydroxylation sites is 2. The van der Waals surface area contributed by atoms with Crippen molar-refractivity contribution in [3.05, 3.63) is 77.3 Å². The molecule has 8 nitrogen and oxygen atoms in total. The summed E-state index contributed by atoms with van der Waals surface area (Å²) in [4.78, 5) is 17.1. The molecule has 0 bridgehead atoms. The van der Waals surface area contributed by atoms with Crippen LogP contribution in [0.25, 0.3) is 0 Å². The van der Waals surface area contributed by atoms with E-state index >= 15 is 0 Å². The lowest BCUT2D eigenvalue weighted by Gasteiger charge is -2.25. The van der Waals surface area contributed by atoms with Gasteiger partial charge in [-0.05, 0) is 55.0 Å². The predicted molar refractivity (Wildman–Crippen MR) is 141 cm³/mol. The van der Waals surface area contributed by atoms with Crippen molar-refractivity contribution in [2.24, 2.45) is 0 Å². The van der Waals surface area contributed by atoms with Crippen molar-refractivity contribution in [2.45, 2.75) is 11.3 Å². The molecular formula is C26H28ClN3O5S. The molecule has 0 radical (unpaired) electrons. The third kappa shape index (κ3) is 5.68. The average Bonchev–Trinajstić information content (AvgIpc) is 3.15. The lowest BCUT2D eigenvalue weighted by molar-refractivity contribution is 0.0767. The van der Waals surface area contributed by atoms with Crippen LogP contribution in [-0.2, 0) is 10.0 Å². The average molecular weight is 530 g/mol. The van der Waals surface area contributed by atoms with Gasteiger partial charge in [-0.1, -0.05) is 23.7 Å². The minimum Gasteiger partial charge on any atom is -0.497 e. The maximum atomic E-state index is 13.2. The second-order valence-electron chi connectivity index (χ2n) is 8.28. The highest BCUT2D eigenvalue weighted by atomic mass is 35.5. The number of methoxy groups -OCH3 is 2. The third-order valence-electron chi connectivity index (χ3n) is 6.02. The van der Waals surface area contributed by atoms with E-state index in [9.17, 15) is 13.2 Å². The van der Waals surface area contributed by atoms with Crippen molar-refractivity contribution in [1.82, 2.24) is 4.90 Å². The maximum absolute atomic E-state index is 13.2. The number of halogens is 1. The fourth-order valence-corrected chi connectivity index (χ4v) is 5.72. The predicted octanol–water partition coefficient (Wildman–Crippen LogP) is 4.51. The molecule has 0 aliphatic carbocycles. The number of sulfonamides is 1. The first kappa shape index (κ1) is 25.7. The molecule has 1 N–H and O–H groups in total. The van der Waals surface area contributed by atoms with Crippen LogP contribution in [0.1, 0.15) is 16.8 Å². The minimum absolute atomic E-state index is 0.0819.